The molecule has 0 radical (unpaired) electrons. The summed E-state index contributed by atoms with van der Waals surface area (Å²) in [4.78, 5) is 17.0. The number of nitrogens with two attached hydrogens (primary N) is 2. The highest BCUT2D eigenvalue weighted by atomic mass is 16.5. The maximum atomic E-state index is 12.9. The summed E-state index contributed by atoms with van der Waals surface area (Å²) >= 11 is 0. The van der Waals surface area contributed by atoms with Crippen molar-refractivity contribution in [3.63, 3.8) is 0 Å². The lowest BCUT2D eigenvalue weighted by Crippen LogP contribution is -2.27. The van der Waals surface area contributed by atoms with Crippen LogP contribution in [-0.2, 0) is 30.5 Å². The fourth-order valence-electron chi connectivity index (χ4n) is 6.12. The monoisotopic (exact) mass is 634 g/mol. The van der Waals surface area contributed by atoms with E-state index in [4.69, 9.17) is 25.7 Å². The first kappa shape index (κ1) is 34.9. The number of hydrogen-bond donors (Lipinski definition) is 5. The fourth-order valence-corrected chi connectivity index (χ4v) is 6.12. The summed E-state index contributed by atoms with van der Waals surface area (Å²) in [5.41, 5.74) is 15.4. The smallest absolute Gasteiger partial charge is 0.185 e. The molecule has 4 rings (SSSR count). The Hall–Kier alpha value is -3.94. The summed E-state index contributed by atoms with van der Waals surface area (Å²) in [7, 11) is 1.49. The van der Waals surface area contributed by atoms with Crippen LogP contribution in [-0.4, -0.2) is 61.6 Å². The van der Waals surface area contributed by atoms with Crippen LogP contribution in [0.3, 0.4) is 0 Å². The first-order valence-electron chi connectivity index (χ1n) is 16.6. The number of ether oxygens (including phenoxy) is 3. The minimum Gasteiger partial charge on any atom is -0.504 e. The van der Waals surface area contributed by atoms with E-state index in [0.29, 0.717) is 62.6 Å². The van der Waals surface area contributed by atoms with Gasteiger partial charge in [-0.2, -0.15) is 0 Å². The first-order chi connectivity index (χ1) is 22.3. The van der Waals surface area contributed by atoms with E-state index in [1.807, 2.05) is 0 Å². The Kier molecular flexibility index (Phi) is 13.4. The van der Waals surface area contributed by atoms with Crippen molar-refractivity contribution in [3.8, 4) is 34.8 Å². The number of carbonyl (C=O) groups is 1. The summed E-state index contributed by atoms with van der Waals surface area (Å²) in [5.74, 6) is 8.43. The number of rotatable bonds is 12. The lowest BCUT2D eigenvalue weighted by molar-refractivity contribution is -0.121. The lowest BCUT2D eigenvalue weighted by Gasteiger charge is -2.30. The highest BCUT2D eigenvalue weighted by molar-refractivity contribution is 5.79. The van der Waals surface area contributed by atoms with Crippen LogP contribution in [0.15, 0.2) is 23.2 Å². The number of fused-ring (bicyclic) bond motifs is 5. The molecule has 0 saturated heterocycles. The van der Waals surface area contributed by atoms with E-state index in [9.17, 15) is 15.0 Å². The standard InChI is InChI=1S/C36H50N4O6/c1-3-4-5-6-17-39-23-46-33-27-8-7-9-30-25(12-15-32(43)34(30)44-2)10-13-28(41)21-29(42)14-11-26(20-27)31-19-24(22-45-35(31)33)16-18-40-36(37)38/h12,15,20,24,29,39,42-43H,3-6,8,10-11,13-14,16-19,21-23H2,1-2H3,(H4,37,38,40). The van der Waals surface area contributed by atoms with Crippen LogP contribution in [0, 0.1) is 17.8 Å². The summed E-state index contributed by atoms with van der Waals surface area (Å²) in [6.45, 7) is 4.41. The Morgan fingerprint density at radius 2 is 1.96 bits per heavy atom. The highest BCUT2D eigenvalue weighted by Gasteiger charge is 2.28. The second-order valence-corrected chi connectivity index (χ2v) is 12.2. The average molecular weight is 635 g/mol. The molecule has 10 nitrogen and oxygen atoms in total. The number of benzene rings is 2. The van der Waals surface area contributed by atoms with E-state index < -0.39 is 6.10 Å². The van der Waals surface area contributed by atoms with Gasteiger partial charge in [0.2, 0.25) is 0 Å². The molecule has 2 unspecified atom stereocenters. The number of guanidine groups is 1. The summed E-state index contributed by atoms with van der Waals surface area (Å²) < 4.78 is 18.4. The number of nitrogens with zero attached hydrogens (tertiary/aromatic N) is 1. The normalized spacial score (nSPS) is 18.0. The topological polar surface area (TPSA) is 162 Å². The number of aromatic hydroxyl groups is 1. The van der Waals surface area contributed by atoms with Crippen LogP contribution in [0.4, 0.5) is 0 Å². The van der Waals surface area contributed by atoms with Crippen molar-refractivity contribution in [3.05, 3.63) is 46.0 Å². The summed E-state index contributed by atoms with van der Waals surface area (Å²) in [6.07, 6.45) is 7.59. The Balaban J connectivity index is 1.72. The minimum atomic E-state index is -0.767. The van der Waals surface area contributed by atoms with E-state index in [-0.39, 0.29) is 42.0 Å². The maximum Gasteiger partial charge on any atom is 0.185 e. The third-order valence-corrected chi connectivity index (χ3v) is 8.62. The van der Waals surface area contributed by atoms with Gasteiger partial charge in [-0.1, -0.05) is 50.2 Å². The molecule has 0 amide bonds. The molecule has 0 fully saturated rings. The molecule has 10 heteroatoms. The molecule has 1 aliphatic carbocycles. The summed E-state index contributed by atoms with van der Waals surface area (Å²) in [5, 5.41) is 24.8. The number of phenolic OH excluding ortho intramolecular Hbond substituents is 1. The van der Waals surface area contributed by atoms with Gasteiger partial charge in [0.05, 0.1) is 25.4 Å². The minimum absolute atomic E-state index is 0.0110. The van der Waals surface area contributed by atoms with Gasteiger partial charge in [0.15, 0.2) is 29.0 Å². The molecule has 250 valence electrons. The number of aryl methyl sites for hydroxylation is 2. The molecule has 7 N–H and O–H groups in total. The molecule has 0 saturated carbocycles. The van der Waals surface area contributed by atoms with Crippen LogP contribution in [0.2, 0.25) is 0 Å². The predicted octanol–water partition coefficient (Wildman–Crippen LogP) is 3.91. The number of hydrogen-bond acceptors (Lipinski definition) is 8. The van der Waals surface area contributed by atoms with Gasteiger partial charge < -0.3 is 35.9 Å². The molecule has 0 spiro atoms. The van der Waals surface area contributed by atoms with Crippen LogP contribution < -0.4 is 31.0 Å². The van der Waals surface area contributed by atoms with Gasteiger partial charge >= 0.3 is 0 Å². The van der Waals surface area contributed by atoms with Crippen LogP contribution in [0.5, 0.6) is 23.0 Å². The number of Topliss-reactive ketones (excluding diaryl/α,β-unsaturated/α-hetero) is 1. The third-order valence-electron chi connectivity index (χ3n) is 8.62. The lowest BCUT2D eigenvalue weighted by atomic mass is 9.86. The van der Waals surface area contributed by atoms with E-state index in [1.165, 1.54) is 26.4 Å². The Morgan fingerprint density at radius 1 is 1.11 bits per heavy atom. The van der Waals surface area contributed by atoms with Gasteiger partial charge in [-0.15, -0.1) is 0 Å². The zero-order chi connectivity index (χ0) is 32.9. The summed E-state index contributed by atoms with van der Waals surface area (Å²) in [6, 6.07) is 5.45. The number of aliphatic imine (C=N–C) groups is 1. The zero-order valence-corrected chi connectivity index (χ0v) is 27.3. The van der Waals surface area contributed by atoms with Crippen LogP contribution in [0.1, 0.15) is 86.1 Å². The molecule has 1 heterocycles. The number of unbranched alkanes of at least 4 members (excludes halogenated alkanes) is 3. The molecular weight excluding hydrogens is 584 g/mol. The number of nitrogens with one attached hydrogen (secondary N) is 1. The van der Waals surface area contributed by atoms with E-state index in [0.717, 1.165) is 48.1 Å². The van der Waals surface area contributed by atoms with Crippen molar-refractivity contribution in [2.24, 2.45) is 22.4 Å². The number of aliphatic hydroxyl groups is 1. The molecule has 46 heavy (non-hydrogen) atoms. The molecule has 2 aromatic rings. The van der Waals surface area contributed by atoms with Crippen molar-refractivity contribution in [2.45, 2.75) is 90.1 Å². The fraction of sp³-hybridized carbons (Fsp3) is 0.556. The molecule has 2 aromatic carbocycles. The number of aliphatic hydroxyl groups excluding tert-OH is 1. The number of phenols is 1. The molecule has 0 aromatic heterocycles. The second kappa shape index (κ2) is 17.7. The van der Waals surface area contributed by atoms with E-state index in [2.05, 4.69) is 35.1 Å². The Bertz CT molecular complexity index is 1430. The number of ketones is 1. The van der Waals surface area contributed by atoms with Crippen molar-refractivity contribution >= 4 is 11.7 Å². The largest absolute Gasteiger partial charge is 0.504 e. The third kappa shape index (κ3) is 9.78. The number of methoxy groups -OCH3 is 1. The Morgan fingerprint density at radius 3 is 2.74 bits per heavy atom. The maximum absolute atomic E-state index is 12.9. The average Bonchev–Trinajstić information content (AvgIpc) is 3.03. The van der Waals surface area contributed by atoms with E-state index in [1.54, 1.807) is 12.1 Å². The van der Waals surface area contributed by atoms with Gasteiger partial charge in [-0.05, 0) is 68.2 Å². The van der Waals surface area contributed by atoms with Crippen molar-refractivity contribution in [2.75, 3.05) is 33.5 Å². The quantitative estimate of drug-likeness (QED) is 0.0766. The van der Waals surface area contributed by atoms with Crippen molar-refractivity contribution < 1.29 is 29.2 Å². The number of carbonyl (C=O) groups excluding carboxylic acids is 1. The van der Waals surface area contributed by atoms with Crippen molar-refractivity contribution in [1.82, 2.24) is 5.32 Å². The SMILES string of the molecule is CCCCCCNCOc1c2cc(c3c1OCC(CCN=C(N)N)C3)CCC(O)CC(=O)CCc1ccc(O)c(OC)c1C#CC2. The van der Waals surface area contributed by atoms with Crippen molar-refractivity contribution in [1.29, 1.82) is 0 Å². The molecule has 1 aliphatic heterocycles. The van der Waals surface area contributed by atoms with E-state index >= 15 is 0 Å². The Labute approximate surface area is 272 Å². The van der Waals surface area contributed by atoms with Gasteiger partial charge in [-0.3, -0.25) is 15.1 Å². The molecular formula is C36H50N4O6. The molecule has 2 aliphatic rings. The molecule has 2 bridgehead atoms. The van der Waals surface area contributed by atoms with Gasteiger partial charge in [0, 0.05) is 36.9 Å². The predicted molar refractivity (Wildman–Crippen MR) is 180 cm³/mol. The zero-order valence-electron chi connectivity index (χ0n) is 27.3. The van der Waals surface area contributed by atoms with Crippen LogP contribution in [0.25, 0.3) is 0 Å². The van der Waals surface area contributed by atoms with Gasteiger partial charge in [0.25, 0.3) is 0 Å². The second-order valence-electron chi connectivity index (χ2n) is 12.2. The van der Waals surface area contributed by atoms with Crippen LogP contribution >= 0.6 is 0 Å². The van der Waals surface area contributed by atoms with Gasteiger partial charge in [-0.25, -0.2) is 0 Å². The van der Waals surface area contributed by atoms with Gasteiger partial charge in [0.1, 0.15) is 12.5 Å². The first-order valence-corrected chi connectivity index (χ1v) is 16.6. The highest BCUT2D eigenvalue weighted by Crippen LogP contribution is 2.43. The molecule has 2 atom stereocenters.